The molecule has 0 bridgehead atoms. The van der Waals surface area contributed by atoms with E-state index in [1.165, 1.54) is 22.3 Å². The highest BCUT2D eigenvalue weighted by atomic mass is 16.4. The Bertz CT molecular complexity index is 710. The summed E-state index contributed by atoms with van der Waals surface area (Å²) in [5.41, 5.74) is 5.12. The Morgan fingerprint density at radius 3 is 2.30 bits per heavy atom. The minimum absolute atomic E-state index is 0.833. The van der Waals surface area contributed by atoms with Crippen LogP contribution in [0.25, 0.3) is 16.8 Å². The molecule has 0 aliphatic heterocycles. The lowest BCUT2D eigenvalue weighted by Crippen LogP contribution is -1.87. The van der Waals surface area contributed by atoms with E-state index in [-0.39, 0.29) is 0 Å². The summed E-state index contributed by atoms with van der Waals surface area (Å²) < 4.78 is 2.24. The number of aromatic nitrogens is 1. The molecule has 0 saturated heterocycles. The van der Waals surface area contributed by atoms with Crippen molar-refractivity contribution in [2.24, 2.45) is 0 Å². The second-order valence-corrected chi connectivity index (χ2v) is 4.56. The van der Waals surface area contributed by atoms with Crippen molar-refractivity contribution in [3.05, 3.63) is 66.4 Å². The number of benzene rings is 1. The molecule has 0 atom stereocenters. The summed E-state index contributed by atoms with van der Waals surface area (Å²) >= 11 is 0. The van der Waals surface area contributed by atoms with Crippen molar-refractivity contribution < 1.29 is 9.90 Å². The van der Waals surface area contributed by atoms with Crippen molar-refractivity contribution in [3.8, 4) is 11.3 Å². The van der Waals surface area contributed by atoms with Crippen LogP contribution in [0.4, 0.5) is 0 Å². The number of aliphatic carboxylic acids is 1. The van der Waals surface area contributed by atoms with E-state index in [2.05, 4.69) is 72.1 Å². The predicted molar refractivity (Wildman–Crippen MR) is 80.9 cm³/mol. The van der Waals surface area contributed by atoms with Crippen LogP contribution in [-0.2, 0) is 4.79 Å². The fraction of sp³-hybridized carbons (Fsp3) is 0.118. The molecule has 0 aliphatic rings. The third kappa shape index (κ3) is 3.06. The number of carboxylic acid groups (broad SMARTS) is 1. The Balaban J connectivity index is 0.000000328. The second kappa shape index (κ2) is 6.06. The molecule has 0 aliphatic carbocycles. The molecule has 0 amide bonds. The first kappa shape index (κ1) is 13.9. The van der Waals surface area contributed by atoms with Gasteiger partial charge in [-0.3, -0.25) is 4.79 Å². The SMILES string of the molecule is CC(=O)O.Cc1cc2ccccn2c1-c1ccccc1. The van der Waals surface area contributed by atoms with Crippen molar-refractivity contribution in [2.75, 3.05) is 0 Å². The number of hydrogen-bond donors (Lipinski definition) is 1. The second-order valence-electron chi connectivity index (χ2n) is 4.56. The van der Waals surface area contributed by atoms with Gasteiger partial charge in [-0.1, -0.05) is 36.4 Å². The maximum absolute atomic E-state index is 9.00. The van der Waals surface area contributed by atoms with Crippen LogP contribution in [0, 0.1) is 6.92 Å². The normalized spacial score (nSPS) is 9.90. The molecule has 102 valence electrons. The van der Waals surface area contributed by atoms with Crippen LogP contribution < -0.4 is 0 Å². The Morgan fingerprint density at radius 2 is 1.65 bits per heavy atom. The van der Waals surface area contributed by atoms with Gasteiger partial charge in [-0.15, -0.1) is 0 Å². The van der Waals surface area contributed by atoms with Crippen LogP contribution >= 0.6 is 0 Å². The van der Waals surface area contributed by atoms with Gasteiger partial charge >= 0.3 is 0 Å². The van der Waals surface area contributed by atoms with Gasteiger partial charge in [-0.05, 0) is 36.2 Å². The minimum atomic E-state index is -0.833. The van der Waals surface area contributed by atoms with E-state index in [0.29, 0.717) is 0 Å². The average Bonchev–Trinajstić information content (AvgIpc) is 2.75. The molecule has 0 saturated carbocycles. The molecule has 3 rings (SSSR count). The molecule has 0 fully saturated rings. The van der Waals surface area contributed by atoms with E-state index in [1.807, 2.05) is 0 Å². The number of nitrogens with zero attached hydrogens (tertiary/aromatic N) is 1. The van der Waals surface area contributed by atoms with Crippen LogP contribution in [0.2, 0.25) is 0 Å². The van der Waals surface area contributed by atoms with Crippen LogP contribution in [0.1, 0.15) is 12.5 Å². The van der Waals surface area contributed by atoms with Gasteiger partial charge in [0.15, 0.2) is 0 Å². The first-order chi connectivity index (χ1) is 9.59. The largest absolute Gasteiger partial charge is 0.481 e. The molecule has 20 heavy (non-hydrogen) atoms. The van der Waals surface area contributed by atoms with Gasteiger partial charge in [0.05, 0.1) is 5.69 Å². The molecular weight excluding hydrogens is 250 g/mol. The molecule has 2 heterocycles. The quantitative estimate of drug-likeness (QED) is 0.724. The number of hydrogen-bond acceptors (Lipinski definition) is 1. The molecule has 1 N–H and O–H groups in total. The summed E-state index contributed by atoms with van der Waals surface area (Å²) in [4.78, 5) is 9.00. The number of pyridine rings is 1. The highest BCUT2D eigenvalue weighted by molar-refractivity contribution is 5.71. The lowest BCUT2D eigenvalue weighted by Gasteiger charge is -2.04. The first-order valence-electron chi connectivity index (χ1n) is 6.41. The summed E-state index contributed by atoms with van der Waals surface area (Å²) in [5.74, 6) is -0.833. The summed E-state index contributed by atoms with van der Waals surface area (Å²) in [6.45, 7) is 3.25. The fourth-order valence-corrected chi connectivity index (χ4v) is 2.22. The zero-order chi connectivity index (χ0) is 14.5. The summed E-state index contributed by atoms with van der Waals surface area (Å²) in [7, 11) is 0. The molecule has 1 aromatic carbocycles. The first-order valence-corrected chi connectivity index (χ1v) is 6.41. The molecule has 0 unspecified atom stereocenters. The highest BCUT2D eigenvalue weighted by Gasteiger charge is 2.07. The molecule has 2 aromatic heterocycles. The van der Waals surface area contributed by atoms with Crippen molar-refractivity contribution in [1.29, 1.82) is 0 Å². The molecule has 3 aromatic rings. The Hall–Kier alpha value is -2.55. The zero-order valence-electron chi connectivity index (χ0n) is 11.6. The van der Waals surface area contributed by atoms with E-state index in [4.69, 9.17) is 9.90 Å². The van der Waals surface area contributed by atoms with E-state index in [9.17, 15) is 0 Å². The Labute approximate surface area is 118 Å². The lowest BCUT2D eigenvalue weighted by molar-refractivity contribution is -0.134. The Kier molecular flexibility index (Phi) is 4.20. The molecule has 3 heteroatoms. The van der Waals surface area contributed by atoms with Gasteiger partial charge in [-0.2, -0.15) is 0 Å². The third-order valence-corrected chi connectivity index (χ3v) is 2.92. The fourth-order valence-electron chi connectivity index (χ4n) is 2.22. The summed E-state index contributed by atoms with van der Waals surface area (Å²) in [6.07, 6.45) is 2.12. The smallest absolute Gasteiger partial charge is 0.300 e. The maximum Gasteiger partial charge on any atom is 0.300 e. The van der Waals surface area contributed by atoms with Crippen molar-refractivity contribution in [2.45, 2.75) is 13.8 Å². The maximum atomic E-state index is 9.00. The highest BCUT2D eigenvalue weighted by Crippen LogP contribution is 2.26. The summed E-state index contributed by atoms with van der Waals surface area (Å²) in [5, 5.41) is 7.42. The number of carboxylic acids is 1. The van der Waals surface area contributed by atoms with Crippen molar-refractivity contribution in [1.82, 2.24) is 4.40 Å². The molecule has 0 spiro atoms. The van der Waals surface area contributed by atoms with Crippen LogP contribution in [0.15, 0.2) is 60.8 Å². The van der Waals surface area contributed by atoms with Crippen LogP contribution in [0.5, 0.6) is 0 Å². The molecule has 3 nitrogen and oxygen atoms in total. The average molecular weight is 267 g/mol. The number of carbonyl (C=O) groups is 1. The van der Waals surface area contributed by atoms with Crippen LogP contribution in [0.3, 0.4) is 0 Å². The van der Waals surface area contributed by atoms with Gasteiger partial charge in [0.1, 0.15) is 0 Å². The standard InChI is InChI=1S/C15H13N.C2H4O2/c1-12-11-14-9-5-6-10-16(14)15(12)13-7-3-2-4-8-13;1-2(3)4/h2-11H,1H3;1H3,(H,3,4). The minimum Gasteiger partial charge on any atom is -0.481 e. The number of fused-ring (bicyclic) bond motifs is 1. The molecular formula is C17H17NO2. The van der Waals surface area contributed by atoms with Gasteiger partial charge in [0.25, 0.3) is 5.97 Å². The van der Waals surface area contributed by atoms with Crippen LogP contribution in [-0.4, -0.2) is 15.5 Å². The lowest BCUT2D eigenvalue weighted by atomic mass is 10.1. The van der Waals surface area contributed by atoms with E-state index < -0.39 is 5.97 Å². The van der Waals surface area contributed by atoms with Gasteiger partial charge in [0, 0.05) is 18.6 Å². The third-order valence-electron chi connectivity index (χ3n) is 2.92. The predicted octanol–water partition coefficient (Wildman–Crippen LogP) is 4.01. The number of rotatable bonds is 1. The zero-order valence-corrected chi connectivity index (χ0v) is 11.6. The topological polar surface area (TPSA) is 41.7 Å². The number of aryl methyl sites for hydroxylation is 1. The van der Waals surface area contributed by atoms with Gasteiger partial charge in [-0.25, -0.2) is 0 Å². The Morgan fingerprint density at radius 1 is 1.05 bits per heavy atom. The van der Waals surface area contributed by atoms with Gasteiger partial charge < -0.3 is 9.51 Å². The monoisotopic (exact) mass is 267 g/mol. The van der Waals surface area contributed by atoms with E-state index in [0.717, 1.165) is 6.92 Å². The van der Waals surface area contributed by atoms with E-state index in [1.54, 1.807) is 0 Å². The van der Waals surface area contributed by atoms with Gasteiger partial charge in [0.2, 0.25) is 0 Å². The van der Waals surface area contributed by atoms with Crippen molar-refractivity contribution >= 4 is 11.5 Å². The van der Waals surface area contributed by atoms with E-state index >= 15 is 0 Å². The molecule has 0 radical (unpaired) electrons. The summed E-state index contributed by atoms with van der Waals surface area (Å²) in [6, 6.07) is 19.0. The van der Waals surface area contributed by atoms with Crippen molar-refractivity contribution in [3.63, 3.8) is 0 Å².